The molecule has 0 fully saturated rings. The molecule has 0 bridgehead atoms. The molecule has 0 unspecified atom stereocenters. The second kappa shape index (κ2) is 6.16. The largest absolute Gasteiger partial charge is 0.437 e. The van der Waals surface area contributed by atoms with Crippen molar-refractivity contribution in [1.82, 2.24) is 9.97 Å². The monoisotopic (exact) mass is 294 g/mol. The van der Waals surface area contributed by atoms with E-state index in [1.165, 1.54) is 24.4 Å². The fourth-order valence-electron chi connectivity index (χ4n) is 1.44. The van der Waals surface area contributed by atoms with E-state index < -0.39 is 4.92 Å². The van der Waals surface area contributed by atoms with Crippen LogP contribution in [0, 0.1) is 10.1 Å². The molecule has 8 heteroatoms. The number of halogens is 1. The Hall–Kier alpha value is -2.41. The Morgan fingerprint density at radius 1 is 1.50 bits per heavy atom. The lowest BCUT2D eigenvalue weighted by Crippen LogP contribution is -2.03. The number of nitro benzene ring substituents is 1. The molecule has 1 N–H and O–H groups in total. The van der Waals surface area contributed by atoms with E-state index in [4.69, 9.17) is 16.3 Å². The third-order valence-corrected chi connectivity index (χ3v) is 2.55. The lowest BCUT2D eigenvalue weighted by molar-refractivity contribution is -0.384. The SMILES string of the molecule is CCNc1ncc(Cl)c(Oc2cccc([N+](=O)[O-])c2)n1. The van der Waals surface area contributed by atoms with Crippen LogP contribution in [-0.2, 0) is 0 Å². The molecule has 0 saturated heterocycles. The molecule has 0 radical (unpaired) electrons. The first-order valence-corrected chi connectivity index (χ1v) is 6.16. The quantitative estimate of drug-likeness (QED) is 0.672. The van der Waals surface area contributed by atoms with Gasteiger partial charge in [0.1, 0.15) is 10.8 Å². The van der Waals surface area contributed by atoms with Crippen molar-refractivity contribution in [2.24, 2.45) is 0 Å². The molecule has 1 aromatic carbocycles. The van der Waals surface area contributed by atoms with E-state index in [1.54, 1.807) is 6.07 Å². The van der Waals surface area contributed by atoms with Gasteiger partial charge in [-0.15, -0.1) is 0 Å². The van der Waals surface area contributed by atoms with Gasteiger partial charge in [-0.3, -0.25) is 10.1 Å². The van der Waals surface area contributed by atoms with Gasteiger partial charge in [-0.25, -0.2) is 4.98 Å². The third-order valence-electron chi connectivity index (χ3n) is 2.29. The van der Waals surface area contributed by atoms with Gasteiger partial charge in [-0.1, -0.05) is 17.7 Å². The molecular formula is C12H11ClN4O3. The van der Waals surface area contributed by atoms with Crippen LogP contribution in [0.5, 0.6) is 11.6 Å². The fraction of sp³-hybridized carbons (Fsp3) is 0.167. The second-order valence-electron chi connectivity index (χ2n) is 3.73. The maximum absolute atomic E-state index is 10.7. The van der Waals surface area contributed by atoms with Crippen LogP contribution in [0.3, 0.4) is 0 Å². The van der Waals surface area contributed by atoms with Gasteiger partial charge in [0.15, 0.2) is 0 Å². The maximum Gasteiger partial charge on any atom is 0.273 e. The van der Waals surface area contributed by atoms with Crippen LogP contribution < -0.4 is 10.1 Å². The number of rotatable bonds is 5. The number of hydrogen-bond donors (Lipinski definition) is 1. The summed E-state index contributed by atoms with van der Waals surface area (Å²) in [6.07, 6.45) is 1.40. The van der Waals surface area contributed by atoms with Crippen molar-refractivity contribution < 1.29 is 9.66 Å². The van der Waals surface area contributed by atoms with Crippen molar-refractivity contribution in [3.05, 3.63) is 45.6 Å². The molecular weight excluding hydrogens is 284 g/mol. The van der Waals surface area contributed by atoms with E-state index in [9.17, 15) is 10.1 Å². The Morgan fingerprint density at radius 2 is 2.30 bits per heavy atom. The number of aromatic nitrogens is 2. The molecule has 0 atom stereocenters. The predicted molar refractivity (Wildman–Crippen MR) is 74.4 cm³/mol. The van der Waals surface area contributed by atoms with Crippen molar-refractivity contribution in [3.8, 4) is 11.6 Å². The average molecular weight is 295 g/mol. The Kier molecular flexibility index (Phi) is 4.31. The van der Waals surface area contributed by atoms with Crippen LogP contribution in [0.2, 0.25) is 5.02 Å². The van der Waals surface area contributed by atoms with Crippen molar-refractivity contribution in [1.29, 1.82) is 0 Å². The maximum atomic E-state index is 10.7. The van der Waals surface area contributed by atoms with Crippen LogP contribution in [0.4, 0.5) is 11.6 Å². The molecule has 0 spiro atoms. The van der Waals surface area contributed by atoms with Crippen LogP contribution in [-0.4, -0.2) is 21.4 Å². The molecule has 0 amide bonds. The third kappa shape index (κ3) is 3.33. The number of benzene rings is 1. The van der Waals surface area contributed by atoms with Crippen molar-refractivity contribution >= 4 is 23.2 Å². The molecule has 1 aromatic heterocycles. The summed E-state index contributed by atoms with van der Waals surface area (Å²) in [6, 6.07) is 5.77. The molecule has 0 aliphatic carbocycles. The van der Waals surface area contributed by atoms with Gasteiger partial charge < -0.3 is 10.1 Å². The molecule has 0 saturated carbocycles. The molecule has 0 aliphatic heterocycles. The summed E-state index contributed by atoms with van der Waals surface area (Å²) < 4.78 is 5.46. The number of non-ortho nitro benzene ring substituents is 1. The highest BCUT2D eigenvalue weighted by atomic mass is 35.5. The predicted octanol–water partition coefficient (Wildman–Crippen LogP) is 3.26. The van der Waals surface area contributed by atoms with Gasteiger partial charge in [-0.2, -0.15) is 4.98 Å². The Morgan fingerprint density at radius 3 is 3.00 bits per heavy atom. The average Bonchev–Trinajstić information content (AvgIpc) is 2.43. The first-order valence-electron chi connectivity index (χ1n) is 5.79. The number of nitrogens with one attached hydrogen (secondary N) is 1. The number of anilines is 1. The summed E-state index contributed by atoms with van der Waals surface area (Å²) >= 11 is 5.94. The molecule has 0 aliphatic rings. The lowest BCUT2D eigenvalue weighted by atomic mass is 10.3. The Labute approximate surface area is 119 Å². The number of nitro groups is 1. The highest BCUT2D eigenvalue weighted by Gasteiger charge is 2.11. The van der Waals surface area contributed by atoms with Gasteiger partial charge in [0.25, 0.3) is 5.69 Å². The first kappa shape index (κ1) is 14.0. The topological polar surface area (TPSA) is 90.2 Å². The zero-order valence-electron chi connectivity index (χ0n) is 10.5. The lowest BCUT2D eigenvalue weighted by Gasteiger charge is -2.08. The minimum Gasteiger partial charge on any atom is -0.437 e. The van der Waals surface area contributed by atoms with Crippen LogP contribution >= 0.6 is 11.6 Å². The number of hydrogen-bond acceptors (Lipinski definition) is 6. The number of nitrogens with zero attached hydrogens (tertiary/aromatic N) is 3. The van der Waals surface area contributed by atoms with Gasteiger partial charge >= 0.3 is 0 Å². The summed E-state index contributed by atoms with van der Waals surface area (Å²) in [5.41, 5.74) is -0.0698. The second-order valence-corrected chi connectivity index (χ2v) is 4.14. The summed E-state index contributed by atoms with van der Waals surface area (Å²) in [6.45, 7) is 2.55. The van der Waals surface area contributed by atoms with Crippen LogP contribution in [0.15, 0.2) is 30.5 Å². The van der Waals surface area contributed by atoms with Crippen molar-refractivity contribution in [3.63, 3.8) is 0 Å². The fourth-order valence-corrected chi connectivity index (χ4v) is 1.57. The van der Waals surface area contributed by atoms with Gasteiger partial charge in [0, 0.05) is 12.6 Å². The standard InChI is InChI=1S/C12H11ClN4O3/c1-2-14-12-15-7-10(13)11(16-12)20-9-5-3-4-8(6-9)17(18)19/h3-7H,2H2,1H3,(H,14,15,16). The summed E-state index contributed by atoms with van der Waals surface area (Å²) in [7, 11) is 0. The number of ether oxygens (including phenoxy) is 1. The van der Waals surface area contributed by atoms with E-state index in [0.29, 0.717) is 12.5 Å². The molecule has 2 rings (SSSR count). The van der Waals surface area contributed by atoms with E-state index in [-0.39, 0.29) is 22.3 Å². The zero-order chi connectivity index (χ0) is 14.5. The zero-order valence-corrected chi connectivity index (χ0v) is 11.3. The van der Waals surface area contributed by atoms with Crippen molar-refractivity contribution in [2.45, 2.75) is 6.92 Å². The molecule has 2 aromatic rings. The molecule has 7 nitrogen and oxygen atoms in total. The van der Waals surface area contributed by atoms with Crippen LogP contribution in [0.25, 0.3) is 0 Å². The summed E-state index contributed by atoms with van der Waals surface area (Å²) in [5, 5.41) is 13.8. The minimum absolute atomic E-state index is 0.0698. The van der Waals surface area contributed by atoms with Crippen molar-refractivity contribution in [2.75, 3.05) is 11.9 Å². The normalized spacial score (nSPS) is 10.1. The van der Waals surface area contributed by atoms with E-state index in [2.05, 4.69) is 15.3 Å². The summed E-state index contributed by atoms with van der Waals surface area (Å²) in [5.74, 6) is 0.790. The van der Waals surface area contributed by atoms with Gasteiger partial charge in [0.2, 0.25) is 11.8 Å². The highest BCUT2D eigenvalue weighted by Crippen LogP contribution is 2.29. The minimum atomic E-state index is -0.501. The Balaban J connectivity index is 2.27. The van der Waals surface area contributed by atoms with E-state index >= 15 is 0 Å². The smallest absolute Gasteiger partial charge is 0.273 e. The molecule has 20 heavy (non-hydrogen) atoms. The van der Waals surface area contributed by atoms with E-state index in [1.807, 2.05) is 6.92 Å². The van der Waals surface area contributed by atoms with Gasteiger partial charge in [0.05, 0.1) is 17.2 Å². The summed E-state index contributed by atoms with van der Waals surface area (Å²) in [4.78, 5) is 18.3. The highest BCUT2D eigenvalue weighted by molar-refractivity contribution is 6.31. The Bertz CT molecular complexity index is 636. The molecule has 104 valence electrons. The van der Waals surface area contributed by atoms with E-state index in [0.717, 1.165) is 0 Å². The van der Waals surface area contributed by atoms with Crippen LogP contribution in [0.1, 0.15) is 6.92 Å². The first-order chi connectivity index (χ1) is 9.60. The molecule has 1 heterocycles. The van der Waals surface area contributed by atoms with Gasteiger partial charge in [-0.05, 0) is 13.0 Å².